The lowest BCUT2D eigenvalue weighted by Crippen LogP contribution is -2.04. The Morgan fingerprint density at radius 2 is 2.00 bits per heavy atom. The third-order valence-electron chi connectivity index (χ3n) is 2.89. The van der Waals surface area contributed by atoms with E-state index in [4.69, 9.17) is 5.73 Å². The molecule has 0 bridgehead atoms. The molecule has 0 aliphatic carbocycles. The number of hydrogen-bond acceptors (Lipinski definition) is 2. The van der Waals surface area contributed by atoms with Crippen LogP contribution < -0.4 is 5.73 Å². The Hall–Kier alpha value is -1.77. The smallest absolute Gasteiger partial charge is 0.108 e. The first-order valence-corrected chi connectivity index (χ1v) is 6.14. The lowest BCUT2D eigenvalue weighted by atomic mass is 10.2. The summed E-state index contributed by atoms with van der Waals surface area (Å²) in [6.07, 6.45) is 7.37. The second-order valence-electron chi connectivity index (χ2n) is 4.32. The standard InChI is InChI=1S/C14H19N3/c1-2-3-4-14-16-9-10-17(14)11-12-5-7-13(15)8-6-12/h5-10H,2-4,11,15H2,1H3. The third-order valence-corrected chi connectivity index (χ3v) is 2.89. The highest BCUT2D eigenvalue weighted by molar-refractivity contribution is 5.39. The van der Waals surface area contributed by atoms with Crippen LogP contribution in [0.4, 0.5) is 5.69 Å². The van der Waals surface area contributed by atoms with Gasteiger partial charge in [-0.3, -0.25) is 0 Å². The first-order chi connectivity index (χ1) is 8.29. The Morgan fingerprint density at radius 3 is 2.71 bits per heavy atom. The zero-order chi connectivity index (χ0) is 12.1. The summed E-state index contributed by atoms with van der Waals surface area (Å²) in [5.74, 6) is 1.17. The first kappa shape index (κ1) is 11.7. The van der Waals surface area contributed by atoms with Gasteiger partial charge in [-0.1, -0.05) is 25.5 Å². The van der Waals surface area contributed by atoms with Crippen LogP contribution in [0.15, 0.2) is 36.7 Å². The normalized spacial score (nSPS) is 10.6. The van der Waals surface area contributed by atoms with Crippen molar-refractivity contribution in [2.24, 2.45) is 0 Å². The highest BCUT2D eigenvalue weighted by Gasteiger charge is 2.02. The van der Waals surface area contributed by atoms with Gasteiger partial charge >= 0.3 is 0 Å². The summed E-state index contributed by atoms with van der Waals surface area (Å²) >= 11 is 0. The molecule has 3 nitrogen and oxygen atoms in total. The molecular weight excluding hydrogens is 210 g/mol. The van der Waals surface area contributed by atoms with Crippen LogP contribution in [0.1, 0.15) is 31.2 Å². The van der Waals surface area contributed by atoms with Gasteiger partial charge in [-0.2, -0.15) is 0 Å². The maximum atomic E-state index is 5.68. The monoisotopic (exact) mass is 229 g/mol. The fourth-order valence-electron chi connectivity index (χ4n) is 1.87. The van der Waals surface area contributed by atoms with E-state index in [0.717, 1.165) is 18.7 Å². The molecule has 1 aromatic carbocycles. The molecule has 0 aliphatic rings. The quantitative estimate of drug-likeness (QED) is 0.801. The Kier molecular flexibility index (Phi) is 3.81. The average Bonchev–Trinajstić information content (AvgIpc) is 2.77. The van der Waals surface area contributed by atoms with Crippen molar-refractivity contribution in [3.63, 3.8) is 0 Å². The zero-order valence-electron chi connectivity index (χ0n) is 10.3. The number of hydrogen-bond donors (Lipinski definition) is 1. The molecule has 0 saturated carbocycles. The highest BCUT2D eigenvalue weighted by atomic mass is 15.1. The van der Waals surface area contributed by atoms with Gasteiger partial charge in [0.05, 0.1) is 0 Å². The fraction of sp³-hybridized carbons (Fsp3) is 0.357. The number of nitrogens with two attached hydrogens (primary N) is 1. The van der Waals surface area contributed by atoms with Crippen molar-refractivity contribution >= 4 is 5.69 Å². The van der Waals surface area contributed by atoms with Crippen LogP contribution in [0, 0.1) is 0 Å². The molecule has 2 N–H and O–H groups in total. The summed E-state index contributed by atoms with van der Waals surface area (Å²) in [6.45, 7) is 3.08. The molecule has 0 radical (unpaired) electrons. The summed E-state index contributed by atoms with van der Waals surface area (Å²) < 4.78 is 2.21. The van der Waals surface area contributed by atoms with Crippen LogP contribution in [-0.2, 0) is 13.0 Å². The minimum atomic E-state index is 0.811. The molecule has 3 heteroatoms. The largest absolute Gasteiger partial charge is 0.399 e. The zero-order valence-corrected chi connectivity index (χ0v) is 10.3. The van der Waals surface area contributed by atoms with Crippen molar-refractivity contribution in [1.82, 2.24) is 9.55 Å². The molecule has 0 aliphatic heterocycles. The molecule has 0 atom stereocenters. The van der Waals surface area contributed by atoms with Crippen molar-refractivity contribution < 1.29 is 0 Å². The van der Waals surface area contributed by atoms with Gasteiger partial charge in [-0.15, -0.1) is 0 Å². The van der Waals surface area contributed by atoms with Gasteiger partial charge in [0.2, 0.25) is 0 Å². The number of benzene rings is 1. The van der Waals surface area contributed by atoms with E-state index in [1.165, 1.54) is 24.2 Å². The van der Waals surface area contributed by atoms with E-state index < -0.39 is 0 Å². The lowest BCUT2D eigenvalue weighted by molar-refractivity contribution is 0.678. The van der Waals surface area contributed by atoms with Gasteiger partial charge in [0.15, 0.2) is 0 Å². The Balaban J connectivity index is 2.07. The van der Waals surface area contributed by atoms with Gasteiger partial charge in [-0.25, -0.2) is 4.98 Å². The van der Waals surface area contributed by atoms with Crippen molar-refractivity contribution in [3.05, 3.63) is 48.0 Å². The van der Waals surface area contributed by atoms with Crippen LogP contribution in [0.2, 0.25) is 0 Å². The van der Waals surface area contributed by atoms with Gasteiger partial charge in [0.25, 0.3) is 0 Å². The molecular formula is C14H19N3. The summed E-state index contributed by atoms with van der Waals surface area (Å²) in [5.41, 5.74) is 7.75. The summed E-state index contributed by atoms with van der Waals surface area (Å²) in [6, 6.07) is 8.02. The molecule has 0 fully saturated rings. The van der Waals surface area contributed by atoms with Crippen molar-refractivity contribution in [1.29, 1.82) is 0 Å². The maximum Gasteiger partial charge on any atom is 0.108 e. The van der Waals surface area contributed by atoms with Crippen LogP contribution in [0.5, 0.6) is 0 Å². The number of unbranched alkanes of at least 4 members (excludes halogenated alkanes) is 1. The van der Waals surface area contributed by atoms with Crippen LogP contribution in [-0.4, -0.2) is 9.55 Å². The Morgan fingerprint density at radius 1 is 1.24 bits per heavy atom. The first-order valence-electron chi connectivity index (χ1n) is 6.14. The van der Waals surface area contributed by atoms with Crippen molar-refractivity contribution in [2.75, 3.05) is 5.73 Å². The summed E-state index contributed by atoms with van der Waals surface area (Å²) in [4.78, 5) is 4.41. The topological polar surface area (TPSA) is 43.8 Å². The molecule has 1 heterocycles. The number of anilines is 1. The van der Waals surface area contributed by atoms with Crippen LogP contribution in [0.25, 0.3) is 0 Å². The van der Waals surface area contributed by atoms with E-state index in [2.05, 4.69) is 28.6 Å². The number of rotatable bonds is 5. The van der Waals surface area contributed by atoms with Gasteiger partial charge in [0, 0.05) is 31.0 Å². The molecule has 0 amide bonds. The van der Waals surface area contributed by atoms with Crippen LogP contribution in [0.3, 0.4) is 0 Å². The highest BCUT2D eigenvalue weighted by Crippen LogP contribution is 2.10. The molecule has 0 saturated heterocycles. The minimum Gasteiger partial charge on any atom is -0.399 e. The number of nitrogen functional groups attached to an aromatic ring is 1. The Labute approximate surface area is 102 Å². The van der Waals surface area contributed by atoms with E-state index in [0.29, 0.717) is 0 Å². The van der Waals surface area contributed by atoms with E-state index >= 15 is 0 Å². The van der Waals surface area contributed by atoms with Crippen molar-refractivity contribution in [3.8, 4) is 0 Å². The number of aromatic nitrogens is 2. The van der Waals surface area contributed by atoms with Crippen LogP contribution >= 0.6 is 0 Å². The number of aryl methyl sites for hydroxylation is 1. The molecule has 1 aromatic heterocycles. The average molecular weight is 229 g/mol. The van der Waals surface area contributed by atoms with Gasteiger partial charge < -0.3 is 10.3 Å². The van der Waals surface area contributed by atoms with E-state index in [1.54, 1.807) is 0 Å². The lowest BCUT2D eigenvalue weighted by Gasteiger charge is -2.07. The maximum absolute atomic E-state index is 5.68. The fourth-order valence-corrected chi connectivity index (χ4v) is 1.87. The number of imidazole rings is 1. The van der Waals surface area contributed by atoms with E-state index in [-0.39, 0.29) is 0 Å². The summed E-state index contributed by atoms with van der Waals surface area (Å²) in [7, 11) is 0. The second-order valence-corrected chi connectivity index (χ2v) is 4.32. The van der Waals surface area contributed by atoms with E-state index in [1.807, 2.05) is 24.5 Å². The Bertz CT molecular complexity index is 457. The third kappa shape index (κ3) is 3.09. The molecule has 17 heavy (non-hydrogen) atoms. The molecule has 2 rings (SSSR count). The molecule has 2 aromatic rings. The SMILES string of the molecule is CCCCc1nccn1Cc1ccc(N)cc1. The van der Waals surface area contributed by atoms with Crippen molar-refractivity contribution in [2.45, 2.75) is 32.7 Å². The van der Waals surface area contributed by atoms with E-state index in [9.17, 15) is 0 Å². The minimum absolute atomic E-state index is 0.811. The molecule has 0 spiro atoms. The summed E-state index contributed by atoms with van der Waals surface area (Å²) in [5, 5.41) is 0. The second kappa shape index (κ2) is 5.53. The van der Waals surface area contributed by atoms with Gasteiger partial charge in [-0.05, 0) is 24.1 Å². The molecule has 0 unspecified atom stereocenters. The van der Waals surface area contributed by atoms with Gasteiger partial charge in [0.1, 0.15) is 5.82 Å². The molecule has 90 valence electrons. The number of nitrogens with zero attached hydrogens (tertiary/aromatic N) is 2. The predicted octanol–water partition coefficient (Wildman–Crippen LogP) is 2.86. The predicted molar refractivity (Wildman–Crippen MR) is 70.8 cm³/mol.